The van der Waals surface area contributed by atoms with E-state index in [0.717, 1.165) is 18.9 Å². The van der Waals surface area contributed by atoms with Crippen molar-refractivity contribution in [3.63, 3.8) is 0 Å². The number of rotatable bonds is 8. The van der Waals surface area contributed by atoms with Gasteiger partial charge in [-0.2, -0.15) is 0 Å². The van der Waals surface area contributed by atoms with Crippen molar-refractivity contribution in [2.24, 2.45) is 0 Å². The van der Waals surface area contributed by atoms with E-state index in [1.165, 1.54) is 58.5 Å². The molecule has 6 heteroatoms. The zero-order valence-electron chi connectivity index (χ0n) is 15.6. The molecule has 0 aromatic rings. The Morgan fingerprint density at radius 2 is 1.61 bits per heavy atom. The predicted octanol–water partition coefficient (Wildman–Crippen LogP) is 2.25. The molecule has 2 aliphatic heterocycles. The molecule has 2 saturated heterocycles. The van der Waals surface area contributed by atoms with Crippen molar-refractivity contribution < 1.29 is 13.6 Å². The second kappa shape index (κ2) is 8.92. The first-order valence-electron chi connectivity index (χ1n) is 9.25. The second-order valence-corrected chi connectivity index (χ2v) is 10.7. The maximum Gasteiger partial charge on any atom is 0.370 e. The van der Waals surface area contributed by atoms with E-state index in [1.54, 1.807) is 0 Å². The zero-order valence-corrected chi connectivity index (χ0v) is 16.6. The van der Waals surface area contributed by atoms with Crippen molar-refractivity contribution in [1.82, 2.24) is 9.80 Å². The lowest BCUT2D eigenvalue weighted by Crippen LogP contribution is -2.64. The minimum atomic E-state index is -2.26. The van der Waals surface area contributed by atoms with Gasteiger partial charge in [-0.25, -0.2) is 0 Å². The van der Waals surface area contributed by atoms with Crippen molar-refractivity contribution in [3.05, 3.63) is 0 Å². The largest absolute Gasteiger partial charge is 0.396 e. The van der Waals surface area contributed by atoms with Gasteiger partial charge in [-0.15, -0.1) is 0 Å². The fourth-order valence-electron chi connectivity index (χ4n) is 4.44. The van der Waals surface area contributed by atoms with Gasteiger partial charge in [0, 0.05) is 47.5 Å². The third-order valence-corrected chi connectivity index (χ3v) is 10.5. The van der Waals surface area contributed by atoms with Crippen LogP contribution in [0.2, 0.25) is 6.04 Å². The molecule has 0 amide bonds. The average Bonchev–Trinajstić information content (AvgIpc) is 2.62. The van der Waals surface area contributed by atoms with Crippen molar-refractivity contribution in [1.29, 1.82) is 0 Å². The van der Waals surface area contributed by atoms with E-state index in [0.29, 0.717) is 0 Å². The summed E-state index contributed by atoms with van der Waals surface area (Å²) in [6.45, 7) is 9.41. The molecule has 0 aromatic carbocycles. The SMILES string of the molecule is CCN1CCN(CCCC2(OC)CCCC[Si]2(OC)OC)CC1. The van der Waals surface area contributed by atoms with Crippen LogP contribution in [0.5, 0.6) is 0 Å². The fraction of sp³-hybridized carbons (Fsp3) is 1.00. The van der Waals surface area contributed by atoms with Crippen molar-refractivity contribution >= 4 is 8.56 Å². The third-order valence-electron chi connectivity index (χ3n) is 6.05. The highest BCUT2D eigenvalue weighted by Gasteiger charge is 2.58. The minimum Gasteiger partial charge on any atom is -0.396 e. The van der Waals surface area contributed by atoms with Crippen LogP contribution in [0.4, 0.5) is 0 Å². The van der Waals surface area contributed by atoms with Crippen molar-refractivity contribution in [2.45, 2.75) is 50.3 Å². The molecule has 1 atom stereocenters. The maximum atomic E-state index is 6.09. The Morgan fingerprint density at radius 3 is 2.17 bits per heavy atom. The molecule has 0 radical (unpaired) electrons. The van der Waals surface area contributed by atoms with Gasteiger partial charge in [-0.1, -0.05) is 19.8 Å². The molecule has 2 heterocycles. The van der Waals surface area contributed by atoms with Crippen LogP contribution in [0.15, 0.2) is 0 Å². The van der Waals surface area contributed by atoms with Gasteiger partial charge in [-0.05, 0) is 38.4 Å². The van der Waals surface area contributed by atoms with Gasteiger partial charge in [0.25, 0.3) is 0 Å². The molecule has 5 nitrogen and oxygen atoms in total. The Bertz CT molecular complexity index is 347. The molecule has 2 rings (SSSR count). The highest BCUT2D eigenvalue weighted by molar-refractivity contribution is 6.70. The minimum absolute atomic E-state index is 0.167. The number of hydrogen-bond acceptors (Lipinski definition) is 5. The summed E-state index contributed by atoms with van der Waals surface area (Å²) in [5.74, 6) is 0. The van der Waals surface area contributed by atoms with Gasteiger partial charge in [0.15, 0.2) is 0 Å². The van der Waals surface area contributed by atoms with Gasteiger partial charge in [0.05, 0.1) is 0 Å². The quantitative estimate of drug-likeness (QED) is 0.631. The number of methoxy groups -OCH3 is 1. The van der Waals surface area contributed by atoms with Crippen LogP contribution in [-0.4, -0.2) is 84.2 Å². The highest BCUT2D eigenvalue weighted by atomic mass is 28.4. The van der Waals surface area contributed by atoms with Gasteiger partial charge in [0.1, 0.15) is 5.22 Å². The van der Waals surface area contributed by atoms with Crippen LogP contribution in [0, 0.1) is 0 Å². The standard InChI is InChI=1S/C17H36N2O3Si/c1-5-18-12-14-19(15-13-18)11-8-10-17(20-2)9-6-7-16-23(17,21-3)22-4/h5-16H2,1-4H3. The summed E-state index contributed by atoms with van der Waals surface area (Å²) in [6.07, 6.45) is 5.75. The normalized spacial score (nSPS) is 29.7. The second-order valence-electron chi connectivity index (χ2n) is 6.95. The molecular weight excluding hydrogens is 308 g/mol. The summed E-state index contributed by atoms with van der Waals surface area (Å²) >= 11 is 0. The molecule has 0 aliphatic carbocycles. The molecule has 23 heavy (non-hydrogen) atoms. The smallest absolute Gasteiger partial charge is 0.370 e. The Kier molecular flexibility index (Phi) is 7.50. The van der Waals surface area contributed by atoms with E-state index in [-0.39, 0.29) is 5.22 Å². The van der Waals surface area contributed by atoms with Gasteiger partial charge < -0.3 is 23.4 Å². The van der Waals surface area contributed by atoms with Crippen LogP contribution in [-0.2, 0) is 13.6 Å². The number of likely N-dealkylation sites (N-methyl/N-ethyl adjacent to an activating group) is 1. The van der Waals surface area contributed by atoms with Gasteiger partial charge >= 0.3 is 8.56 Å². The molecule has 136 valence electrons. The lowest BCUT2D eigenvalue weighted by molar-refractivity contribution is -0.0177. The number of piperazine rings is 1. The summed E-state index contributed by atoms with van der Waals surface area (Å²) in [5.41, 5.74) is 0. The predicted molar refractivity (Wildman–Crippen MR) is 96.0 cm³/mol. The van der Waals surface area contributed by atoms with E-state index in [4.69, 9.17) is 13.6 Å². The lowest BCUT2D eigenvalue weighted by Gasteiger charge is -2.48. The first-order chi connectivity index (χ1) is 11.1. The first kappa shape index (κ1) is 19.3. The van der Waals surface area contributed by atoms with Crippen LogP contribution in [0.3, 0.4) is 0 Å². The van der Waals surface area contributed by atoms with Crippen LogP contribution in [0.1, 0.15) is 39.0 Å². The van der Waals surface area contributed by atoms with E-state index in [9.17, 15) is 0 Å². The van der Waals surface area contributed by atoms with Crippen LogP contribution >= 0.6 is 0 Å². The molecule has 1 unspecified atom stereocenters. The van der Waals surface area contributed by atoms with E-state index >= 15 is 0 Å². The molecule has 0 saturated carbocycles. The van der Waals surface area contributed by atoms with E-state index in [2.05, 4.69) is 16.7 Å². The molecule has 2 aliphatic rings. The van der Waals surface area contributed by atoms with Crippen molar-refractivity contribution in [2.75, 3.05) is 60.6 Å². The first-order valence-corrected chi connectivity index (χ1v) is 11.3. The summed E-state index contributed by atoms with van der Waals surface area (Å²) in [4.78, 5) is 5.13. The molecule has 0 aromatic heterocycles. The summed E-state index contributed by atoms with van der Waals surface area (Å²) in [7, 11) is 3.23. The monoisotopic (exact) mass is 344 g/mol. The van der Waals surface area contributed by atoms with Gasteiger partial charge in [0.2, 0.25) is 0 Å². The summed E-state index contributed by atoms with van der Waals surface area (Å²) in [6, 6.07) is 1.06. The van der Waals surface area contributed by atoms with Crippen molar-refractivity contribution in [3.8, 4) is 0 Å². The summed E-state index contributed by atoms with van der Waals surface area (Å²) in [5, 5.41) is -0.167. The third kappa shape index (κ3) is 4.17. The molecule has 2 fully saturated rings. The fourth-order valence-corrected chi connectivity index (χ4v) is 8.35. The Morgan fingerprint density at radius 1 is 0.957 bits per heavy atom. The Hall–Kier alpha value is 0.0169. The lowest BCUT2D eigenvalue weighted by atomic mass is 10.1. The average molecular weight is 345 g/mol. The number of nitrogens with zero attached hydrogens (tertiary/aromatic N) is 2. The number of ether oxygens (including phenoxy) is 1. The zero-order chi connectivity index (χ0) is 16.8. The molecule has 0 N–H and O–H groups in total. The van der Waals surface area contributed by atoms with Gasteiger partial charge in [-0.3, -0.25) is 0 Å². The van der Waals surface area contributed by atoms with Crippen LogP contribution < -0.4 is 0 Å². The van der Waals surface area contributed by atoms with Crippen LogP contribution in [0.25, 0.3) is 0 Å². The highest BCUT2D eigenvalue weighted by Crippen LogP contribution is 2.42. The topological polar surface area (TPSA) is 34.2 Å². The molecular formula is C17H36N2O3Si. The number of hydrogen-bond donors (Lipinski definition) is 0. The molecule has 0 spiro atoms. The maximum absolute atomic E-state index is 6.09. The van der Waals surface area contributed by atoms with E-state index in [1.807, 2.05) is 21.3 Å². The summed E-state index contributed by atoms with van der Waals surface area (Å²) < 4.78 is 18.0. The van der Waals surface area contributed by atoms with E-state index < -0.39 is 8.56 Å². The molecule has 0 bridgehead atoms. The Labute approximate surface area is 143 Å². The Balaban J connectivity index is 1.88.